The van der Waals surface area contributed by atoms with Gasteiger partial charge >= 0.3 is 6.18 Å². The summed E-state index contributed by atoms with van der Waals surface area (Å²) in [5.41, 5.74) is 0. The van der Waals surface area contributed by atoms with Gasteiger partial charge in [0.25, 0.3) is 0 Å². The molecule has 1 amide bonds. The molecule has 0 aliphatic heterocycles. The van der Waals surface area contributed by atoms with E-state index in [0.29, 0.717) is 0 Å². The standard InChI is InChI=1S/C6H10F3NO2/c1-2-5(12)10-3-4(11)6(7,8)9/h4,11H,2-3H2,1H3,(H,10,12)/t4-/m0/s1. The minimum atomic E-state index is -4.67. The van der Waals surface area contributed by atoms with Crippen LogP contribution in [-0.4, -0.2) is 29.8 Å². The van der Waals surface area contributed by atoms with Crippen LogP contribution in [0.4, 0.5) is 13.2 Å². The van der Waals surface area contributed by atoms with Crippen molar-refractivity contribution < 1.29 is 23.1 Å². The first-order chi connectivity index (χ1) is 5.38. The molecule has 12 heavy (non-hydrogen) atoms. The third kappa shape index (κ3) is 4.17. The molecule has 0 aromatic carbocycles. The number of hydrogen-bond donors (Lipinski definition) is 2. The monoisotopic (exact) mass is 185 g/mol. The third-order valence-electron chi connectivity index (χ3n) is 1.19. The van der Waals surface area contributed by atoms with E-state index in [2.05, 4.69) is 0 Å². The van der Waals surface area contributed by atoms with Gasteiger partial charge in [0.05, 0.1) is 6.54 Å². The molecule has 0 spiro atoms. The number of alkyl halides is 3. The molecule has 0 saturated carbocycles. The van der Waals surface area contributed by atoms with E-state index in [0.717, 1.165) is 0 Å². The summed E-state index contributed by atoms with van der Waals surface area (Å²) in [6.07, 6.45) is -7.04. The van der Waals surface area contributed by atoms with Crippen molar-refractivity contribution in [1.82, 2.24) is 5.32 Å². The summed E-state index contributed by atoms with van der Waals surface area (Å²) in [5, 5.41) is 10.3. The molecular formula is C6H10F3NO2. The van der Waals surface area contributed by atoms with Crippen LogP contribution in [0.3, 0.4) is 0 Å². The van der Waals surface area contributed by atoms with Crippen LogP contribution < -0.4 is 5.32 Å². The molecule has 0 aliphatic carbocycles. The summed E-state index contributed by atoms with van der Waals surface area (Å²) in [4.78, 5) is 10.5. The largest absolute Gasteiger partial charge is 0.416 e. The molecule has 0 aromatic rings. The first-order valence-electron chi connectivity index (χ1n) is 3.39. The Balaban J connectivity index is 3.72. The first kappa shape index (κ1) is 11.2. The predicted molar refractivity (Wildman–Crippen MR) is 35.4 cm³/mol. The lowest BCUT2D eigenvalue weighted by molar-refractivity contribution is -0.201. The molecule has 0 fully saturated rings. The van der Waals surface area contributed by atoms with Gasteiger partial charge in [0, 0.05) is 6.42 Å². The summed E-state index contributed by atoms with van der Waals surface area (Å²) in [6, 6.07) is 0. The van der Waals surface area contributed by atoms with Gasteiger partial charge in [-0.05, 0) is 0 Å². The molecule has 0 rings (SSSR count). The van der Waals surface area contributed by atoms with Crippen molar-refractivity contribution >= 4 is 5.91 Å². The maximum absolute atomic E-state index is 11.6. The van der Waals surface area contributed by atoms with Crippen LogP contribution in [0, 0.1) is 0 Å². The molecule has 0 unspecified atom stereocenters. The van der Waals surface area contributed by atoms with Crippen molar-refractivity contribution in [2.45, 2.75) is 25.6 Å². The SMILES string of the molecule is CCC(=O)NC[C@H](O)C(F)(F)F. The van der Waals surface area contributed by atoms with Crippen molar-refractivity contribution in [3.8, 4) is 0 Å². The minimum absolute atomic E-state index is 0.102. The van der Waals surface area contributed by atoms with Crippen molar-refractivity contribution in [1.29, 1.82) is 0 Å². The van der Waals surface area contributed by atoms with Crippen LogP contribution in [0.1, 0.15) is 13.3 Å². The molecular weight excluding hydrogens is 175 g/mol. The Morgan fingerprint density at radius 3 is 2.42 bits per heavy atom. The van der Waals surface area contributed by atoms with Gasteiger partial charge in [0.2, 0.25) is 5.91 Å². The number of halogens is 3. The molecule has 0 heterocycles. The van der Waals surface area contributed by atoms with E-state index in [4.69, 9.17) is 5.11 Å². The van der Waals surface area contributed by atoms with Crippen LogP contribution in [-0.2, 0) is 4.79 Å². The molecule has 0 bridgehead atoms. The highest BCUT2D eigenvalue weighted by Crippen LogP contribution is 2.18. The molecule has 0 aliphatic rings. The molecule has 3 nitrogen and oxygen atoms in total. The molecule has 0 radical (unpaired) electrons. The van der Waals surface area contributed by atoms with E-state index in [-0.39, 0.29) is 6.42 Å². The third-order valence-corrected chi connectivity index (χ3v) is 1.19. The van der Waals surface area contributed by atoms with Gasteiger partial charge in [-0.3, -0.25) is 4.79 Å². The average Bonchev–Trinajstić information content (AvgIpc) is 1.97. The van der Waals surface area contributed by atoms with Gasteiger partial charge in [-0.15, -0.1) is 0 Å². The molecule has 2 N–H and O–H groups in total. The van der Waals surface area contributed by atoms with Crippen LogP contribution in [0.2, 0.25) is 0 Å². The second-order valence-electron chi connectivity index (χ2n) is 2.22. The van der Waals surface area contributed by atoms with E-state index in [1.807, 2.05) is 5.32 Å². The Hall–Kier alpha value is -0.780. The Bertz CT molecular complexity index is 157. The van der Waals surface area contributed by atoms with Crippen molar-refractivity contribution in [2.75, 3.05) is 6.54 Å². The number of amides is 1. The number of aliphatic hydroxyl groups is 1. The van der Waals surface area contributed by atoms with E-state index in [1.54, 1.807) is 0 Å². The summed E-state index contributed by atoms with van der Waals surface area (Å²) in [6.45, 7) is 0.728. The maximum Gasteiger partial charge on any atom is 0.416 e. The van der Waals surface area contributed by atoms with Crippen LogP contribution in [0.25, 0.3) is 0 Å². The fraction of sp³-hybridized carbons (Fsp3) is 0.833. The second-order valence-corrected chi connectivity index (χ2v) is 2.22. The van der Waals surface area contributed by atoms with E-state index < -0.39 is 24.7 Å². The Morgan fingerprint density at radius 2 is 2.08 bits per heavy atom. The Labute approximate surface area is 67.6 Å². The van der Waals surface area contributed by atoms with Crippen molar-refractivity contribution in [2.24, 2.45) is 0 Å². The number of carbonyl (C=O) groups excluding carboxylic acids is 1. The zero-order valence-electron chi connectivity index (χ0n) is 6.48. The molecule has 6 heteroatoms. The number of aliphatic hydroxyl groups excluding tert-OH is 1. The summed E-state index contributed by atoms with van der Waals surface area (Å²) in [7, 11) is 0. The quantitative estimate of drug-likeness (QED) is 0.670. The fourth-order valence-electron chi connectivity index (χ4n) is 0.451. The molecule has 0 saturated heterocycles. The highest BCUT2D eigenvalue weighted by Gasteiger charge is 2.37. The van der Waals surface area contributed by atoms with Crippen LogP contribution >= 0.6 is 0 Å². The number of carbonyl (C=O) groups is 1. The van der Waals surface area contributed by atoms with Crippen molar-refractivity contribution in [3.63, 3.8) is 0 Å². The van der Waals surface area contributed by atoms with Gasteiger partial charge in [0.1, 0.15) is 0 Å². The molecule has 72 valence electrons. The number of nitrogens with one attached hydrogen (secondary N) is 1. The average molecular weight is 185 g/mol. The Morgan fingerprint density at radius 1 is 1.58 bits per heavy atom. The van der Waals surface area contributed by atoms with Gasteiger partial charge in [0.15, 0.2) is 6.10 Å². The van der Waals surface area contributed by atoms with Gasteiger partial charge in [-0.2, -0.15) is 13.2 Å². The van der Waals surface area contributed by atoms with E-state index in [9.17, 15) is 18.0 Å². The summed E-state index contributed by atoms with van der Waals surface area (Å²) in [5.74, 6) is -0.515. The summed E-state index contributed by atoms with van der Waals surface area (Å²) < 4.78 is 34.8. The van der Waals surface area contributed by atoms with Gasteiger partial charge in [-0.1, -0.05) is 6.92 Å². The number of rotatable bonds is 3. The smallest absolute Gasteiger partial charge is 0.382 e. The Kier molecular flexibility index (Phi) is 4.02. The minimum Gasteiger partial charge on any atom is -0.382 e. The van der Waals surface area contributed by atoms with E-state index in [1.165, 1.54) is 6.92 Å². The summed E-state index contributed by atoms with van der Waals surface area (Å²) >= 11 is 0. The lowest BCUT2D eigenvalue weighted by Crippen LogP contribution is -2.40. The zero-order valence-corrected chi connectivity index (χ0v) is 6.48. The highest BCUT2D eigenvalue weighted by atomic mass is 19.4. The van der Waals surface area contributed by atoms with Crippen LogP contribution in [0.5, 0.6) is 0 Å². The highest BCUT2D eigenvalue weighted by molar-refractivity contribution is 5.75. The zero-order chi connectivity index (χ0) is 9.78. The predicted octanol–water partition coefficient (Wildman–Crippen LogP) is 0.436. The van der Waals surface area contributed by atoms with Gasteiger partial charge in [-0.25, -0.2) is 0 Å². The topological polar surface area (TPSA) is 49.3 Å². The van der Waals surface area contributed by atoms with Gasteiger partial charge < -0.3 is 10.4 Å². The lowest BCUT2D eigenvalue weighted by atomic mass is 10.3. The van der Waals surface area contributed by atoms with Crippen molar-refractivity contribution in [3.05, 3.63) is 0 Å². The lowest BCUT2D eigenvalue weighted by Gasteiger charge is -2.14. The first-order valence-corrected chi connectivity index (χ1v) is 3.39. The normalized spacial score (nSPS) is 14.1. The number of hydrogen-bond acceptors (Lipinski definition) is 2. The van der Waals surface area contributed by atoms with Crippen LogP contribution in [0.15, 0.2) is 0 Å². The van der Waals surface area contributed by atoms with E-state index >= 15 is 0 Å². The maximum atomic E-state index is 11.6. The fourth-order valence-corrected chi connectivity index (χ4v) is 0.451. The molecule has 0 aromatic heterocycles. The molecule has 1 atom stereocenters. The second kappa shape index (κ2) is 4.30.